The first-order valence-electron chi connectivity index (χ1n) is 9.18. The Morgan fingerprint density at radius 3 is 2.52 bits per heavy atom. The Morgan fingerprint density at radius 2 is 1.90 bits per heavy atom. The van der Waals surface area contributed by atoms with Crippen LogP contribution in [0.4, 0.5) is 0 Å². The van der Waals surface area contributed by atoms with Crippen molar-refractivity contribution in [3.8, 4) is 0 Å². The normalized spacial score (nSPS) is 27.6. The minimum absolute atomic E-state index is 0.559. The third kappa shape index (κ3) is 4.94. The molecule has 1 N–H and O–H groups in total. The van der Waals surface area contributed by atoms with E-state index in [9.17, 15) is 0 Å². The highest BCUT2D eigenvalue weighted by Gasteiger charge is 2.36. The zero-order valence-electron chi connectivity index (χ0n) is 14.8. The van der Waals surface area contributed by atoms with Gasteiger partial charge in [-0.3, -0.25) is 4.90 Å². The maximum atomic E-state index is 3.75. The molecule has 3 nitrogen and oxygen atoms in total. The molecule has 0 aromatic heterocycles. The highest BCUT2D eigenvalue weighted by atomic mass is 15.3. The molecule has 2 rings (SSSR count). The van der Waals surface area contributed by atoms with Crippen LogP contribution in [0.15, 0.2) is 0 Å². The van der Waals surface area contributed by atoms with E-state index in [4.69, 9.17) is 0 Å². The van der Waals surface area contributed by atoms with Gasteiger partial charge in [0.05, 0.1) is 0 Å². The van der Waals surface area contributed by atoms with Gasteiger partial charge in [-0.15, -0.1) is 0 Å². The summed E-state index contributed by atoms with van der Waals surface area (Å²) in [5, 5.41) is 3.75. The third-order valence-corrected chi connectivity index (χ3v) is 5.61. The number of hydrogen-bond donors (Lipinski definition) is 1. The van der Waals surface area contributed by atoms with E-state index >= 15 is 0 Å². The molecule has 1 aliphatic heterocycles. The van der Waals surface area contributed by atoms with Gasteiger partial charge in [-0.1, -0.05) is 33.6 Å². The van der Waals surface area contributed by atoms with Crippen molar-refractivity contribution in [1.82, 2.24) is 15.1 Å². The lowest BCUT2D eigenvalue weighted by molar-refractivity contribution is 0.0571. The first-order valence-corrected chi connectivity index (χ1v) is 9.18. The average molecular weight is 296 g/mol. The molecule has 21 heavy (non-hydrogen) atoms. The van der Waals surface area contributed by atoms with Crippen molar-refractivity contribution in [3.63, 3.8) is 0 Å². The van der Waals surface area contributed by atoms with E-state index in [1.165, 1.54) is 71.4 Å². The summed E-state index contributed by atoms with van der Waals surface area (Å²) in [5.74, 6) is 0.761. The van der Waals surface area contributed by atoms with Crippen molar-refractivity contribution < 1.29 is 0 Å². The van der Waals surface area contributed by atoms with E-state index in [0.717, 1.165) is 12.0 Å². The standard InChI is InChI=1S/C18H37N3/c1-5-17-13-21(11-10-20(17)4)15-18(8-6-7-9-18)14-19-12-16(2)3/h16-17,19H,5-15H2,1-4H3. The number of nitrogens with zero attached hydrogens (tertiary/aromatic N) is 2. The van der Waals surface area contributed by atoms with Crippen molar-refractivity contribution in [2.45, 2.75) is 58.9 Å². The molecule has 2 fully saturated rings. The maximum Gasteiger partial charge on any atom is 0.0218 e. The van der Waals surface area contributed by atoms with Gasteiger partial charge in [-0.05, 0) is 44.2 Å². The van der Waals surface area contributed by atoms with Crippen LogP contribution in [0.1, 0.15) is 52.9 Å². The van der Waals surface area contributed by atoms with E-state index in [1.54, 1.807) is 0 Å². The van der Waals surface area contributed by atoms with Gasteiger partial charge >= 0.3 is 0 Å². The van der Waals surface area contributed by atoms with Crippen molar-refractivity contribution in [3.05, 3.63) is 0 Å². The molecular weight excluding hydrogens is 258 g/mol. The minimum Gasteiger partial charge on any atom is -0.316 e. The summed E-state index contributed by atoms with van der Waals surface area (Å²) >= 11 is 0. The summed E-state index contributed by atoms with van der Waals surface area (Å²) < 4.78 is 0. The van der Waals surface area contributed by atoms with E-state index in [-0.39, 0.29) is 0 Å². The molecule has 1 atom stereocenters. The molecule has 1 aliphatic carbocycles. The summed E-state index contributed by atoms with van der Waals surface area (Å²) in [7, 11) is 2.29. The van der Waals surface area contributed by atoms with Crippen LogP contribution in [0.25, 0.3) is 0 Å². The third-order valence-electron chi connectivity index (χ3n) is 5.61. The largest absolute Gasteiger partial charge is 0.316 e. The van der Waals surface area contributed by atoms with Gasteiger partial charge in [0.25, 0.3) is 0 Å². The minimum atomic E-state index is 0.559. The summed E-state index contributed by atoms with van der Waals surface area (Å²) in [6, 6.07) is 0.765. The average Bonchev–Trinajstić information content (AvgIpc) is 2.89. The summed E-state index contributed by atoms with van der Waals surface area (Å²) in [4.78, 5) is 5.31. The topological polar surface area (TPSA) is 18.5 Å². The molecule has 2 aliphatic rings. The summed E-state index contributed by atoms with van der Waals surface area (Å²) in [5.41, 5.74) is 0.559. The quantitative estimate of drug-likeness (QED) is 0.779. The van der Waals surface area contributed by atoms with E-state index < -0.39 is 0 Å². The van der Waals surface area contributed by atoms with Gasteiger partial charge in [0.2, 0.25) is 0 Å². The van der Waals surface area contributed by atoms with Crippen molar-refractivity contribution in [1.29, 1.82) is 0 Å². The fourth-order valence-corrected chi connectivity index (χ4v) is 4.21. The van der Waals surface area contributed by atoms with Crippen molar-refractivity contribution in [2.75, 3.05) is 46.3 Å². The van der Waals surface area contributed by atoms with Gasteiger partial charge in [0.1, 0.15) is 0 Å². The number of piperazine rings is 1. The Labute approximate surface area is 132 Å². The zero-order chi connectivity index (χ0) is 15.3. The van der Waals surface area contributed by atoms with Crippen LogP contribution < -0.4 is 5.32 Å². The Kier molecular flexibility index (Phi) is 6.51. The van der Waals surface area contributed by atoms with Crippen LogP contribution in [0.2, 0.25) is 0 Å². The Balaban J connectivity index is 1.87. The molecule has 0 amide bonds. The van der Waals surface area contributed by atoms with Crippen LogP contribution in [0.3, 0.4) is 0 Å². The number of rotatable bonds is 7. The van der Waals surface area contributed by atoms with E-state index in [1.807, 2.05) is 0 Å². The van der Waals surface area contributed by atoms with Gasteiger partial charge in [-0.25, -0.2) is 0 Å². The van der Waals surface area contributed by atoms with Gasteiger partial charge < -0.3 is 10.2 Å². The SMILES string of the molecule is CCC1CN(CC2(CNCC(C)C)CCCC2)CCN1C. The molecule has 0 aromatic carbocycles. The van der Waals surface area contributed by atoms with Crippen LogP contribution in [-0.2, 0) is 0 Å². The zero-order valence-corrected chi connectivity index (χ0v) is 14.8. The fourth-order valence-electron chi connectivity index (χ4n) is 4.21. The molecule has 1 heterocycles. The lowest BCUT2D eigenvalue weighted by atomic mass is 9.84. The van der Waals surface area contributed by atoms with Gasteiger partial charge in [0, 0.05) is 38.8 Å². The maximum absolute atomic E-state index is 3.75. The van der Waals surface area contributed by atoms with E-state index in [2.05, 4.69) is 42.9 Å². The lowest BCUT2D eigenvalue weighted by Crippen LogP contribution is -2.54. The Hall–Kier alpha value is -0.120. The predicted octanol–water partition coefficient (Wildman–Crippen LogP) is 2.82. The van der Waals surface area contributed by atoms with Crippen molar-refractivity contribution in [2.24, 2.45) is 11.3 Å². The smallest absolute Gasteiger partial charge is 0.0218 e. The summed E-state index contributed by atoms with van der Waals surface area (Å²) in [6.07, 6.45) is 7.02. The highest BCUT2D eigenvalue weighted by Crippen LogP contribution is 2.38. The molecule has 0 radical (unpaired) electrons. The van der Waals surface area contributed by atoms with Crippen LogP contribution in [0.5, 0.6) is 0 Å². The molecular formula is C18H37N3. The second-order valence-electron chi connectivity index (χ2n) is 8.01. The van der Waals surface area contributed by atoms with E-state index in [0.29, 0.717) is 5.41 Å². The molecule has 1 unspecified atom stereocenters. The molecule has 1 saturated heterocycles. The first kappa shape index (κ1) is 17.2. The predicted molar refractivity (Wildman–Crippen MR) is 91.8 cm³/mol. The number of hydrogen-bond acceptors (Lipinski definition) is 3. The number of nitrogens with one attached hydrogen (secondary N) is 1. The summed E-state index contributed by atoms with van der Waals surface area (Å²) in [6.45, 7) is 14.5. The van der Waals surface area contributed by atoms with Crippen LogP contribution in [0, 0.1) is 11.3 Å². The highest BCUT2D eigenvalue weighted by molar-refractivity contribution is 4.91. The fraction of sp³-hybridized carbons (Fsp3) is 1.00. The molecule has 0 aromatic rings. The van der Waals surface area contributed by atoms with Gasteiger partial charge in [0.15, 0.2) is 0 Å². The first-order chi connectivity index (χ1) is 10.0. The lowest BCUT2D eigenvalue weighted by Gasteiger charge is -2.43. The second kappa shape index (κ2) is 7.94. The molecule has 1 saturated carbocycles. The van der Waals surface area contributed by atoms with Crippen LogP contribution >= 0.6 is 0 Å². The van der Waals surface area contributed by atoms with Crippen molar-refractivity contribution >= 4 is 0 Å². The molecule has 0 bridgehead atoms. The molecule has 124 valence electrons. The number of likely N-dealkylation sites (N-methyl/N-ethyl adjacent to an activating group) is 1. The second-order valence-corrected chi connectivity index (χ2v) is 8.01. The molecule has 0 spiro atoms. The molecule has 3 heteroatoms. The Morgan fingerprint density at radius 1 is 1.19 bits per heavy atom. The van der Waals surface area contributed by atoms with Gasteiger partial charge in [-0.2, -0.15) is 0 Å². The van der Waals surface area contributed by atoms with Crippen LogP contribution in [-0.4, -0.2) is 62.2 Å². The monoisotopic (exact) mass is 295 g/mol. The Bertz CT molecular complexity index is 297.